The SMILES string of the molecule is Cc1nc(NCc2cccc(C(F)(F)F)n2)c2cnn(C)c2n1. The summed E-state index contributed by atoms with van der Waals surface area (Å²) in [6.45, 7) is 1.85. The van der Waals surface area contributed by atoms with Gasteiger partial charge in [0, 0.05) is 7.05 Å². The summed E-state index contributed by atoms with van der Waals surface area (Å²) in [6, 6.07) is 3.80. The van der Waals surface area contributed by atoms with E-state index in [0.717, 1.165) is 6.07 Å². The molecule has 0 aromatic carbocycles. The van der Waals surface area contributed by atoms with Crippen LogP contribution in [-0.2, 0) is 19.8 Å². The van der Waals surface area contributed by atoms with Crippen molar-refractivity contribution >= 4 is 16.9 Å². The highest BCUT2D eigenvalue weighted by Gasteiger charge is 2.32. The lowest BCUT2D eigenvalue weighted by atomic mass is 10.3. The van der Waals surface area contributed by atoms with Crippen molar-refractivity contribution in [3.63, 3.8) is 0 Å². The maximum absolute atomic E-state index is 12.7. The van der Waals surface area contributed by atoms with Gasteiger partial charge in [-0.2, -0.15) is 18.3 Å². The lowest BCUT2D eigenvalue weighted by Gasteiger charge is -2.10. The Hall–Kier alpha value is -2.71. The Kier molecular flexibility index (Phi) is 3.63. The van der Waals surface area contributed by atoms with Gasteiger partial charge in [-0.05, 0) is 19.1 Å². The molecule has 1 N–H and O–H groups in total. The molecule has 0 aliphatic rings. The first-order valence-corrected chi connectivity index (χ1v) is 6.78. The number of nitrogens with zero attached hydrogens (tertiary/aromatic N) is 5. The summed E-state index contributed by atoms with van der Waals surface area (Å²) < 4.78 is 39.7. The molecule has 3 rings (SSSR count). The van der Waals surface area contributed by atoms with Gasteiger partial charge in [-0.1, -0.05) is 6.07 Å². The minimum absolute atomic E-state index is 0.115. The number of hydrogen-bond donors (Lipinski definition) is 1. The van der Waals surface area contributed by atoms with Crippen molar-refractivity contribution in [3.05, 3.63) is 41.6 Å². The van der Waals surface area contributed by atoms with Crippen LogP contribution in [0.5, 0.6) is 0 Å². The van der Waals surface area contributed by atoms with Crippen LogP contribution < -0.4 is 5.32 Å². The molecular weight excluding hydrogens is 309 g/mol. The van der Waals surface area contributed by atoms with Crippen LogP contribution in [0.3, 0.4) is 0 Å². The number of alkyl halides is 3. The summed E-state index contributed by atoms with van der Waals surface area (Å²) in [6.07, 6.45) is -2.85. The largest absolute Gasteiger partial charge is 0.433 e. The Morgan fingerprint density at radius 1 is 1.17 bits per heavy atom. The molecule has 0 saturated carbocycles. The van der Waals surface area contributed by atoms with Crippen LogP contribution in [0.25, 0.3) is 11.0 Å². The average Bonchev–Trinajstić information content (AvgIpc) is 2.86. The summed E-state index contributed by atoms with van der Waals surface area (Å²) in [5.41, 5.74) is 0.00678. The van der Waals surface area contributed by atoms with Crippen molar-refractivity contribution in [2.24, 2.45) is 7.05 Å². The molecule has 0 aliphatic carbocycles. The molecule has 120 valence electrons. The lowest BCUT2D eigenvalue weighted by molar-refractivity contribution is -0.141. The molecule has 0 aliphatic heterocycles. The van der Waals surface area contributed by atoms with Gasteiger partial charge in [0.1, 0.15) is 17.3 Å². The van der Waals surface area contributed by atoms with Gasteiger partial charge >= 0.3 is 6.18 Å². The van der Waals surface area contributed by atoms with E-state index in [2.05, 4.69) is 25.4 Å². The lowest BCUT2D eigenvalue weighted by Crippen LogP contribution is -2.11. The van der Waals surface area contributed by atoms with E-state index in [1.54, 1.807) is 24.9 Å². The predicted molar refractivity (Wildman–Crippen MR) is 77.6 cm³/mol. The van der Waals surface area contributed by atoms with Crippen molar-refractivity contribution < 1.29 is 13.2 Å². The molecule has 3 heterocycles. The van der Waals surface area contributed by atoms with Crippen LogP contribution in [0.2, 0.25) is 0 Å². The highest BCUT2D eigenvalue weighted by Crippen LogP contribution is 2.27. The Balaban J connectivity index is 1.87. The van der Waals surface area contributed by atoms with Crippen LogP contribution in [-0.4, -0.2) is 24.7 Å². The minimum Gasteiger partial charge on any atom is -0.364 e. The third kappa shape index (κ3) is 3.08. The Morgan fingerprint density at radius 3 is 2.70 bits per heavy atom. The van der Waals surface area contributed by atoms with Gasteiger partial charge in [0.15, 0.2) is 5.65 Å². The molecular formula is C14H13F3N6. The molecule has 0 radical (unpaired) electrons. The van der Waals surface area contributed by atoms with Gasteiger partial charge in [-0.25, -0.2) is 15.0 Å². The molecule has 0 atom stereocenters. The maximum atomic E-state index is 12.7. The van der Waals surface area contributed by atoms with Crippen molar-refractivity contribution in [1.82, 2.24) is 24.7 Å². The monoisotopic (exact) mass is 322 g/mol. The zero-order chi connectivity index (χ0) is 16.6. The van der Waals surface area contributed by atoms with Gasteiger partial charge < -0.3 is 5.32 Å². The molecule has 0 amide bonds. The Labute approximate surface area is 129 Å². The van der Waals surface area contributed by atoms with Crippen molar-refractivity contribution in [2.45, 2.75) is 19.6 Å². The number of rotatable bonds is 3. The second-order valence-electron chi connectivity index (χ2n) is 4.99. The number of pyridine rings is 1. The zero-order valence-electron chi connectivity index (χ0n) is 12.4. The van der Waals surface area contributed by atoms with Crippen LogP contribution in [0.1, 0.15) is 17.2 Å². The molecule has 0 fully saturated rings. The van der Waals surface area contributed by atoms with Gasteiger partial charge in [0.25, 0.3) is 0 Å². The summed E-state index contributed by atoms with van der Waals surface area (Å²) in [5.74, 6) is 1.06. The molecule has 23 heavy (non-hydrogen) atoms. The molecule has 0 spiro atoms. The van der Waals surface area contributed by atoms with Crippen molar-refractivity contribution in [2.75, 3.05) is 5.32 Å². The first kappa shape index (κ1) is 15.2. The van der Waals surface area contributed by atoms with Crippen LogP contribution in [0, 0.1) is 6.92 Å². The Morgan fingerprint density at radius 2 is 1.96 bits per heavy atom. The van der Waals surface area contributed by atoms with Crippen molar-refractivity contribution in [3.8, 4) is 0 Å². The molecule has 6 nitrogen and oxygen atoms in total. The van der Waals surface area contributed by atoms with E-state index in [-0.39, 0.29) is 12.2 Å². The fourth-order valence-electron chi connectivity index (χ4n) is 2.18. The summed E-state index contributed by atoms with van der Waals surface area (Å²) in [5, 5.41) is 7.81. The first-order valence-electron chi connectivity index (χ1n) is 6.78. The fourth-order valence-corrected chi connectivity index (χ4v) is 2.18. The molecule has 0 bridgehead atoms. The molecule has 0 unspecified atom stereocenters. The van der Waals surface area contributed by atoms with E-state index < -0.39 is 11.9 Å². The van der Waals surface area contributed by atoms with Gasteiger partial charge in [0.05, 0.1) is 23.8 Å². The number of halogens is 3. The number of anilines is 1. The number of fused-ring (bicyclic) bond motifs is 1. The van der Waals surface area contributed by atoms with Gasteiger partial charge in [-0.15, -0.1) is 0 Å². The normalized spacial score (nSPS) is 11.9. The number of hydrogen-bond acceptors (Lipinski definition) is 5. The number of aryl methyl sites for hydroxylation is 2. The number of aromatic nitrogens is 5. The predicted octanol–water partition coefficient (Wildman–Crippen LogP) is 2.70. The fraction of sp³-hybridized carbons (Fsp3) is 0.286. The molecule has 9 heteroatoms. The van der Waals surface area contributed by atoms with E-state index >= 15 is 0 Å². The van der Waals surface area contributed by atoms with Gasteiger partial charge in [-0.3, -0.25) is 4.68 Å². The second kappa shape index (κ2) is 5.49. The van der Waals surface area contributed by atoms with Crippen LogP contribution in [0.15, 0.2) is 24.4 Å². The van der Waals surface area contributed by atoms with E-state index in [1.807, 2.05) is 0 Å². The topological polar surface area (TPSA) is 68.5 Å². The minimum atomic E-state index is -4.46. The quantitative estimate of drug-likeness (QED) is 0.803. The molecule has 0 saturated heterocycles. The standard InChI is InChI=1S/C14H13F3N6/c1-8-20-12(10-7-19-23(2)13(10)21-8)18-6-9-4-3-5-11(22-9)14(15,16)17/h3-5,7H,6H2,1-2H3,(H,18,20,21). The first-order chi connectivity index (χ1) is 10.8. The van der Waals surface area contributed by atoms with Crippen LogP contribution >= 0.6 is 0 Å². The summed E-state index contributed by atoms with van der Waals surface area (Å²) in [7, 11) is 1.76. The third-order valence-corrected chi connectivity index (χ3v) is 3.24. The summed E-state index contributed by atoms with van der Waals surface area (Å²) >= 11 is 0. The van der Waals surface area contributed by atoms with E-state index in [9.17, 15) is 13.2 Å². The van der Waals surface area contributed by atoms with Crippen LogP contribution in [0.4, 0.5) is 19.0 Å². The summed E-state index contributed by atoms with van der Waals surface area (Å²) in [4.78, 5) is 12.2. The number of nitrogens with one attached hydrogen (secondary N) is 1. The smallest absolute Gasteiger partial charge is 0.364 e. The highest BCUT2D eigenvalue weighted by atomic mass is 19.4. The van der Waals surface area contributed by atoms with E-state index in [0.29, 0.717) is 22.7 Å². The highest BCUT2D eigenvalue weighted by molar-refractivity contribution is 5.86. The second-order valence-corrected chi connectivity index (χ2v) is 4.99. The average molecular weight is 322 g/mol. The third-order valence-electron chi connectivity index (χ3n) is 3.24. The Bertz CT molecular complexity index is 855. The molecule has 3 aromatic heterocycles. The maximum Gasteiger partial charge on any atom is 0.433 e. The van der Waals surface area contributed by atoms with E-state index in [1.165, 1.54) is 12.1 Å². The van der Waals surface area contributed by atoms with Gasteiger partial charge in [0.2, 0.25) is 0 Å². The van der Waals surface area contributed by atoms with E-state index in [4.69, 9.17) is 0 Å². The molecule has 3 aromatic rings. The van der Waals surface area contributed by atoms with Crippen molar-refractivity contribution in [1.29, 1.82) is 0 Å². The zero-order valence-corrected chi connectivity index (χ0v) is 12.4.